The van der Waals surface area contributed by atoms with E-state index in [0.29, 0.717) is 5.01 Å². The first-order chi connectivity index (χ1) is 6.04. The topological polar surface area (TPSA) is 50.9 Å². The molecule has 1 heterocycles. The number of rotatable bonds is 4. The van der Waals surface area contributed by atoms with Gasteiger partial charge in [0, 0.05) is 18.0 Å². The Labute approximate surface area is 82.9 Å². The van der Waals surface area contributed by atoms with E-state index in [-0.39, 0.29) is 6.42 Å². The zero-order chi connectivity index (χ0) is 9.90. The molecule has 0 bridgehead atoms. The summed E-state index contributed by atoms with van der Waals surface area (Å²) in [6.07, 6.45) is 1.56. The maximum atomic E-state index is 12.6. The molecule has 1 aromatic heterocycles. The number of hydrogen-bond donors (Lipinski definition) is 2. The quantitative estimate of drug-likeness (QED) is 0.464. The molecule has 7 heteroatoms. The lowest BCUT2D eigenvalue weighted by Crippen LogP contribution is -2.46. The van der Waals surface area contributed by atoms with Crippen molar-refractivity contribution in [3.63, 3.8) is 0 Å². The molecular weight excluding hydrogens is 220 g/mol. The molecular formula is C6H8ClF2N3S. The fraction of sp³-hybridized carbons (Fsp3) is 0.500. The highest BCUT2D eigenvalue weighted by Gasteiger charge is 2.36. The highest BCUT2D eigenvalue weighted by Crippen LogP contribution is 2.25. The molecule has 0 fully saturated rings. The van der Waals surface area contributed by atoms with Crippen LogP contribution >= 0.6 is 22.9 Å². The molecule has 1 aromatic rings. The van der Waals surface area contributed by atoms with E-state index in [1.807, 2.05) is 5.43 Å². The van der Waals surface area contributed by atoms with Crippen LogP contribution in [0.1, 0.15) is 5.01 Å². The summed E-state index contributed by atoms with van der Waals surface area (Å²) in [7, 11) is 0. The maximum Gasteiger partial charge on any atom is 0.338 e. The van der Waals surface area contributed by atoms with Gasteiger partial charge in [-0.2, -0.15) is 8.78 Å². The van der Waals surface area contributed by atoms with Crippen LogP contribution in [0.2, 0.25) is 0 Å². The second-order valence-electron chi connectivity index (χ2n) is 2.39. The third-order valence-electron chi connectivity index (χ3n) is 1.46. The molecule has 0 radical (unpaired) electrons. The van der Waals surface area contributed by atoms with Gasteiger partial charge in [0.05, 0.1) is 5.01 Å². The molecule has 3 nitrogen and oxygen atoms in total. The lowest BCUT2D eigenvalue weighted by atomic mass is 10.2. The largest absolute Gasteiger partial charge is 0.338 e. The van der Waals surface area contributed by atoms with Gasteiger partial charge < -0.3 is 0 Å². The molecule has 1 unspecified atom stereocenters. The van der Waals surface area contributed by atoms with Crippen LogP contribution in [0.4, 0.5) is 8.78 Å². The maximum absolute atomic E-state index is 12.6. The first-order valence-electron chi connectivity index (χ1n) is 3.45. The normalized spacial score (nSPS) is 14.5. The number of nitrogens with one attached hydrogen (secondary N) is 1. The minimum Gasteiger partial charge on any atom is -0.271 e. The fourth-order valence-electron chi connectivity index (χ4n) is 0.798. The van der Waals surface area contributed by atoms with Crippen molar-refractivity contribution in [2.75, 3.05) is 0 Å². The SMILES string of the molecule is NNC(Cc1nccs1)C(F)(F)Cl. The van der Waals surface area contributed by atoms with Crippen LogP contribution in [0.3, 0.4) is 0 Å². The van der Waals surface area contributed by atoms with Crippen LogP contribution in [-0.4, -0.2) is 16.4 Å². The lowest BCUT2D eigenvalue weighted by Gasteiger charge is -2.19. The first kappa shape index (κ1) is 10.8. The summed E-state index contributed by atoms with van der Waals surface area (Å²) in [6.45, 7) is 0. The van der Waals surface area contributed by atoms with E-state index in [9.17, 15) is 8.78 Å². The monoisotopic (exact) mass is 227 g/mol. The molecule has 13 heavy (non-hydrogen) atoms. The predicted octanol–water partition coefficient (Wildman–Crippen LogP) is 1.35. The molecule has 0 aliphatic heterocycles. The molecule has 0 spiro atoms. The summed E-state index contributed by atoms with van der Waals surface area (Å²) in [5.41, 5.74) is 1.96. The second-order valence-corrected chi connectivity index (χ2v) is 3.87. The Hall–Kier alpha value is -0.300. The molecule has 0 amide bonds. The third-order valence-corrected chi connectivity index (χ3v) is 2.52. The van der Waals surface area contributed by atoms with Crippen LogP contribution in [0, 0.1) is 0 Å². The minimum atomic E-state index is -3.36. The van der Waals surface area contributed by atoms with Crippen LogP contribution in [-0.2, 0) is 6.42 Å². The van der Waals surface area contributed by atoms with E-state index < -0.39 is 11.4 Å². The van der Waals surface area contributed by atoms with Crippen LogP contribution < -0.4 is 11.3 Å². The van der Waals surface area contributed by atoms with Crippen molar-refractivity contribution < 1.29 is 8.78 Å². The number of aromatic nitrogens is 1. The van der Waals surface area contributed by atoms with E-state index in [4.69, 9.17) is 17.4 Å². The van der Waals surface area contributed by atoms with Crippen molar-refractivity contribution in [3.8, 4) is 0 Å². The molecule has 74 valence electrons. The van der Waals surface area contributed by atoms with Crippen molar-refractivity contribution in [2.24, 2.45) is 5.84 Å². The van der Waals surface area contributed by atoms with Crippen molar-refractivity contribution in [3.05, 3.63) is 16.6 Å². The molecule has 0 aliphatic rings. The number of nitrogens with zero attached hydrogens (tertiary/aromatic N) is 1. The van der Waals surface area contributed by atoms with Gasteiger partial charge >= 0.3 is 5.38 Å². The minimum absolute atomic E-state index is 0.0185. The molecule has 0 saturated heterocycles. The summed E-state index contributed by atoms with van der Waals surface area (Å²) >= 11 is 6.10. The summed E-state index contributed by atoms with van der Waals surface area (Å²) in [5, 5.41) is -1.08. The fourth-order valence-corrected chi connectivity index (χ4v) is 1.60. The standard InChI is InChI=1S/C6H8ClF2N3S/c7-6(8,9)4(12-10)3-5-11-1-2-13-5/h1-2,4,12H,3,10H2. The number of hydrogen-bond acceptors (Lipinski definition) is 4. The summed E-state index contributed by atoms with van der Waals surface area (Å²) in [4.78, 5) is 3.85. The van der Waals surface area contributed by atoms with Gasteiger partial charge in [0.25, 0.3) is 0 Å². The Bertz CT molecular complexity index is 249. The number of halogens is 3. The van der Waals surface area contributed by atoms with Gasteiger partial charge in [0.15, 0.2) is 0 Å². The highest BCUT2D eigenvalue weighted by atomic mass is 35.5. The molecule has 0 aromatic carbocycles. The lowest BCUT2D eigenvalue weighted by molar-refractivity contribution is 0.0502. The Balaban J connectivity index is 2.60. The zero-order valence-electron chi connectivity index (χ0n) is 6.51. The molecule has 0 aliphatic carbocycles. The zero-order valence-corrected chi connectivity index (χ0v) is 8.08. The van der Waals surface area contributed by atoms with Gasteiger partial charge in [0.1, 0.15) is 6.04 Å². The van der Waals surface area contributed by atoms with E-state index in [1.54, 1.807) is 11.6 Å². The van der Waals surface area contributed by atoms with E-state index in [0.717, 1.165) is 0 Å². The third kappa shape index (κ3) is 3.15. The van der Waals surface area contributed by atoms with Crippen molar-refractivity contribution in [1.82, 2.24) is 10.4 Å². The summed E-state index contributed by atoms with van der Waals surface area (Å²) in [5.74, 6) is 4.94. The second kappa shape index (κ2) is 4.28. The van der Waals surface area contributed by atoms with Crippen molar-refractivity contribution >= 4 is 22.9 Å². The van der Waals surface area contributed by atoms with Crippen LogP contribution in [0.25, 0.3) is 0 Å². The van der Waals surface area contributed by atoms with Gasteiger partial charge in [-0.05, 0) is 11.6 Å². The van der Waals surface area contributed by atoms with E-state index in [1.165, 1.54) is 11.3 Å². The van der Waals surface area contributed by atoms with Crippen LogP contribution in [0.5, 0.6) is 0 Å². The van der Waals surface area contributed by atoms with Crippen molar-refractivity contribution in [1.29, 1.82) is 0 Å². The number of thiazole rings is 1. The van der Waals surface area contributed by atoms with Crippen molar-refractivity contribution in [2.45, 2.75) is 17.8 Å². The number of nitrogens with two attached hydrogens (primary N) is 1. The molecule has 0 saturated carbocycles. The first-order valence-corrected chi connectivity index (χ1v) is 4.71. The molecule has 1 rings (SSSR count). The average Bonchev–Trinajstić information content (AvgIpc) is 2.49. The summed E-state index contributed by atoms with van der Waals surface area (Å²) in [6, 6.07) is -1.29. The summed E-state index contributed by atoms with van der Waals surface area (Å²) < 4.78 is 25.2. The smallest absolute Gasteiger partial charge is 0.271 e. The van der Waals surface area contributed by atoms with Gasteiger partial charge in [-0.1, -0.05) is 0 Å². The van der Waals surface area contributed by atoms with Gasteiger partial charge in [-0.3, -0.25) is 5.84 Å². The Morgan fingerprint density at radius 1 is 1.77 bits per heavy atom. The van der Waals surface area contributed by atoms with E-state index in [2.05, 4.69) is 4.98 Å². The molecule has 3 N–H and O–H groups in total. The molecule has 1 atom stereocenters. The number of alkyl halides is 3. The van der Waals surface area contributed by atoms with Gasteiger partial charge in [0.2, 0.25) is 0 Å². The predicted molar refractivity (Wildman–Crippen MR) is 47.7 cm³/mol. The average molecular weight is 228 g/mol. The van der Waals surface area contributed by atoms with Gasteiger partial charge in [-0.15, -0.1) is 11.3 Å². The Kier molecular flexibility index (Phi) is 3.55. The highest BCUT2D eigenvalue weighted by molar-refractivity contribution is 7.09. The number of hydrazine groups is 1. The Morgan fingerprint density at radius 3 is 2.85 bits per heavy atom. The van der Waals surface area contributed by atoms with Crippen LogP contribution in [0.15, 0.2) is 11.6 Å². The Morgan fingerprint density at radius 2 is 2.46 bits per heavy atom. The van der Waals surface area contributed by atoms with Gasteiger partial charge in [-0.25, -0.2) is 10.4 Å². The van der Waals surface area contributed by atoms with E-state index >= 15 is 0 Å².